The van der Waals surface area contributed by atoms with Crippen LogP contribution in [0.15, 0.2) is 24.3 Å². The largest absolute Gasteiger partial charge is 0.493 e. The summed E-state index contributed by atoms with van der Waals surface area (Å²) < 4.78 is 6.02. The molecule has 2 unspecified atom stereocenters. The number of para-hydroxylation sites is 1. The summed E-state index contributed by atoms with van der Waals surface area (Å²) in [5.41, 5.74) is 1.39. The van der Waals surface area contributed by atoms with Gasteiger partial charge in [-0.3, -0.25) is 0 Å². The highest BCUT2D eigenvalue weighted by Crippen LogP contribution is 2.34. The smallest absolute Gasteiger partial charge is 0.122 e. The van der Waals surface area contributed by atoms with E-state index in [9.17, 15) is 0 Å². The van der Waals surface area contributed by atoms with Gasteiger partial charge < -0.3 is 10.1 Å². The van der Waals surface area contributed by atoms with Gasteiger partial charge in [-0.2, -0.15) is 0 Å². The number of ether oxygens (including phenoxy) is 1. The highest BCUT2D eigenvalue weighted by molar-refractivity contribution is 5.35. The van der Waals surface area contributed by atoms with Crippen LogP contribution in [0.2, 0.25) is 0 Å². The predicted octanol–water partition coefficient (Wildman–Crippen LogP) is 4.19. The summed E-state index contributed by atoms with van der Waals surface area (Å²) in [6, 6.07) is 9.17. The van der Waals surface area contributed by atoms with Crippen molar-refractivity contribution in [2.45, 2.75) is 57.9 Å². The number of hydrogen-bond acceptors (Lipinski definition) is 2. The van der Waals surface area contributed by atoms with E-state index in [1.165, 1.54) is 50.5 Å². The molecule has 2 heteroatoms. The van der Waals surface area contributed by atoms with Crippen LogP contribution in [0.1, 0.15) is 51.0 Å². The van der Waals surface area contributed by atoms with Crippen molar-refractivity contribution < 1.29 is 4.74 Å². The first-order valence-corrected chi connectivity index (χ1v) is 8.81. The molecule has 0 bridgehead atoms. The second-order valence-electron chi connectivity index (χ2n) is 6.83. The second kappa shape index (κ2) is 7.31. The Kier molecular flexibility index (Phi) is 5.18. The van der Waals surface area contributed by atoms with Crippen molar-refractivity contribution in [2.75, 3.05) is 13.2 Å². The van der Waals surface area contributed by atoms with Crippen LogP contribution < -0.4 is 10.1 Å². The maximum absolute atomic E-state index is 6.02. The molecule has 2 aliphatic rings. The molecule has 1 aliphatic carbocycles. The minimum absolute atomic E-state index is 0.626. The molecule has 21 heavy (non-hydrogen) atoms. The molecule has 0 aromatic heterocycles. The van der Waals surface area contributed by atoms with Crippen molar-refractivity contribution in [2.24, 2.45) is 11.8 Å². The molecule has 116 valence electrons. The Morgan fingerprint density at radius 3 is 2.86 bits per heavy atom. The van der Waals surface area contributed by atoms with Crippen LogP contribution in [0.25, 0.3) is 0 Å². The molecule has 1 saturated carbocycles. The zero-order chi connectivity index (χ0) is 14.5. The average molecular weight is 287 g/mol. The van der Waals surface area contributed by atoms with Crippen molar-refractivity contribution in [1.82, 2.24) is 5.32 Å². The van der Waals surface area contributed by atoms with E-state index in [0.717, 1.165) is 24.8 Å². The van der Waals surface area contributed by atoms with Gasteiger partial charge >= 0.3 is 0 Å². The quantitative estimate of drug-likeness (QED) is 0.847. The SMILES string of the molecule is CCCNC(CC1CCCC1)C1COc2ccccc2C1. The Morgan fingerprint density at radius 2 is 2.05 bits per heavy atom. The lowest BCUT2D eigenvalue weighted by Gasteiger charge is -2.33. The standard InChI is InChI=1S/C19H29NO/c1-2-11-20-18(12-15-7-3-4-8-15)17-13-16-9-5-6-10-19(16)21-14-17/h5-6,9-10,15,17-18,20H,2-4,7-8,11-14H2,1H3. The number of hydrogen-bond donors (Lipinski definition) is 1. The van der Waals surface area contributed by atoms with E-state index >= 15 is 0 Å². The van der Waals surface area contributed by atoms with Crippen LogP contribution in [0, 0.1) is 11.8 Å². The normalized spacial score (nSPS) is 23.6. The van der Waals surface area contributed by atoms with Gasteiger partial charge in [0.25, 0.3) is 0 Å². The van der Waals surface area contributed by atoms with E-state index in [-0.39, 0.29) is 0 Å². The molecule has 1 aliphatic heterocycles. The Bertz CT molecular complexity index is 439. The Balaban J connectivity index is 1.65. The lowest BCUT2D eigenvalue weighted by molar-refractivity contribution is 0.169. The van der Waals surface area contributed by atoms with E-state index in [0.29, 0.717) is 12.0 Å². The molecule has 0 spiro atoms. The lowest BCUT2D eigenvalue weighted by Crippen LogP contribution is -2.43. The predicted molar refractivity (Wildman–Crippen MR) is 87.8 cm³/mol. The fourth-order valence-corrected chi connectivity index (χ4v) is 3.99. The van der Waals surface area contributed by atoms with Crippen LogP contribution in [0.5, 0.6) is 5.75 Å². The van der Waals surface area contributed by atoms with Crippen molar-refractivity contribution in [3.05, 3.63) is 29.8 Å². The van der Waals surface area contributed by atoms with Crippen LogP contribution in [0.4, 0.5) is 0 Å². The highest BCUT2D eigenvalue weighted by Gasteiger charge is 2.29. The monoisotopic (exact) mass is 287 g/mol. The number of rotatable bonds is 6. The molecule has 1 fully saturated rings. The molecule has 1 N–H and O–H groups in total. The van der Waals surface area contributed by atoms with Crippen LogP contribution in [-0.2, 0) is 6.42 Å². The Hall–Kier alpha value is -1.02. The summed E-state index contributed by atoms with van der Waals surface area (Å²) in [7, 11) is 0. The maximum Gasteiger partial charge on any atom is 0.122 e. The summed E-state index contributed by atoms with van der Waals surface area (Å²) in [6.45, 7) is 4.27. The molecule has 3 rings (SSSR count). The first kappa shape index (κ1) is 14.9. The van der Waals surface area contributed by atoms with Gasteiger partial charge in [0.15, 0.2) is 0 Å². The van der Waals surface area contributed by atoms with Gasteiger partial charge in [0.1, 0.15) is 5.75 Å². The van der Waals surface area contributed by atoms with Gasteiger partial charge in [0.2, 0.25) is 0 Å². The third kappa shape index (κ3) is 3.79. The minimum Gasteiger partial charge on any atom is -0.493 e. The number of fused-ring (bicyclic) bond motifs is 1. The summed E-state index contributed by atoms with van der Waals surface area (Å²) in [6.07, 6.45) is 9.49. The van der Waals surface area contributed by atoms with E-state index in [1.54, 1.807) is 0 Å². The van der Waals surface area contributed by atoms with Crippen LogP contribution in [0.3, 0.4) is 0 Å². The summed E-state index contributed by atoms with van der Waals surface area (Å²) in [5, 5.41) is 3.82. The number of nitrogens with one attached hydrogen (secondary N) is 1. The molecule has 0 amide bonds. The molecular formula is C19H29NO. The van der Waals surface area contributed by atoms with Crippen LogP contribution in [-0.4, -0.2) is 19.2 Å². The summed E-state index contributed by atoms with van der Waals surface area (Å²) in [4.78, 5) is 0. The maximum atomic E-state index is 6.02. The fourth-order valence-electron chi connectivity index (χ4n) is 3.99. The minimum atomic E-state index is 0.626. The Labute approximate surface area is 129 Å². The van der Waals surface area contributed by atoms with Crippen LogP contribution >= 0.6 is 0 Å². The first-order chi connectivity index (χ1) is 10.4. The Morgan fingerprint density at radius 1 is 1.24 bits per heavy atom. The van der Waals surface area contributed by atoms with E-state index in [2.05, 4.69) is 36.5 Å². The third-order valence-corrected chi connectivity index (χ3v) is 5.20. The van der Waals surface area contributed by atoms with Gasteiger partial charge in [-0.05, 0) is 43.4 Å². The van der Waals surface area contributed by atoms with Crippen molar-refractivity contribution in [3.8, 4) is 5.75 Å². The van der Waals surface area contributed by atoms with Gasteiger partial charge in [-0.25, -0.2) is 0 Å². The summed E-state index contributed by atoms with van der Waals surface area (Å²) >= 11 is 0. The van der Waals surface area contributed by atoms with Crippen molar-refractivity contribution in [1.29, 1.82) is 0 Å². The van der Waals surface area contributed by atoms with Crippen molar-refractivity contribution >= 4 is 0 Å². The van der Waals surface area contributed by atoms with E-state index < -0.39 is 0 Å². The van der Waals surface area contributed by atoms with Gasteiger partial charge in [0.05, 0.1) is 6.61 Å². The van der Waals surface area contributed by atoms with E-state index in [4.69, 9.17) is 4.74 Å². The highest BCUT2D eigenvalue weighted by atomic mass is 16.5. The summed E-state index contributed by atoms with van der Waals surface area (Å²) in [5.74, 6) is 2.67. The third-order valence-electron chi connectivity index (χ3n) is 5.20. The average Bonchev–Trinajstić information content (AvgIpc) is 3.04. The van der Waals surface area contributed by atoms with Gasteiger partial charge in [-0.1, -0.05) is 50.8 Å². The molecular weight excluding hydrogens is 258 g/mol. The zero-order valence-electron chi connectivity index (χ0n) is 13.3. The molecule has 2 atom stereocenters. The molecule has 0 saturated heterocycles. The molecule has 2 nitrogen and oxygen atoms in total. The molecule has 1 heterocycles. The lowest BCUT2D eigenvalue weighted by atomic mass is 9.84. The number of benzene rings is 1. The molecule has 0 radical (unpaired) electrons. The molecule has 1 aromatic rings. The van der Waals surface area contributed by atoms with Gasteiger partial charge in [0, 0.05) is 12.0 Å². The van der Waals surface area contributed by atoms with Crippen molar-refractivity contribution in [3.63, 3.8) is 0 Å². The topological polar surface area (TPSA) is 21.3 Å². The second-order valence-corrected chi connectivity index (χ2v) is 6.83. The fraction of sp³-hybridized carbons (Fsp3) is 0.684. The zero-order valence-corrected chi connectivity index (χ0v) is 13.3. The molecule has 1 aromatic carbocycles. The first-order valence-electron chi connectivity index (χ1n) is 8.81. The van der Waals surface area contributed by atoms with E-state index in [1.807, 2.05) is 0 Å². The van der Waals surface area contributed by atoms with Gasteiger partial charge in [-0.15, -0.1) is 0 Å².